The minimum absolute atomic E-state index is 0.172. The highest BCUT2D eigenvalue weighted by Crippen LogP contribution is 2.34. The van der Waals surface area contributed by atoms with E-state index in [-0.39, 0.29) is 13.2 Å². The van der Waals surface area contributed by atoms with Crippen molar-refractivity contribution in [2.75, 3.05) is 20.3 Å². The maximum absolute atomic E-state index is 13.4. The van der Waals surface area contributed by atoms with Gasteiger partial charge in [0.25, 0.3) is 0 Å². The van der Waals surface area contributed by atoms with E-state index in [1.54, 1.807) is 12.1 Å². The summed E-state index contributed by atoms with van der Waals surface area (Å²) in [4.78, 5) is 11.4. The third-order valence-electron chi connectivity index (χ3n) is 4.93. The predicted molar refractivity (Wildman–Crippen MR) is 108 cm³/mol. The second-order valence-corrected chi connectivity index (χ2v) is 8.64. The van der Waals surface area contributed by atoms with Crippen LogP contribution in [0.15, 0.2) is 59.5 Å². The first-order valence-corrected chi connectivity index (χ1v) is 10.6. The molecule has 0 saturated carbocycles. The lowest BCUT2D eigenvalue weighted by Gasteiger charge is -2.21. The molecule has 0 unspecified atom stereocenters. The summed E-state index contributed by atoms with van der Waals surface area (Å²) in [6.45, 7) is 2.12. The number of ether oxygens (including phenoxy) is 3. The Bertz CT molecular complexity index is 829. The Morgan fingerprint density at radius 2 is 1.83 bits per heavy atom. The summed E-state index contributed by atoms with van der Waals surface area (Å²) in [6, 6.07) is 17.0. The van der Waals surface area contributed by atoms with Crippen LogP contribution in [0.2, 0.25) is 0 Å². The van der Waals surface area contributed by atoms with E-state index in [1.807, 2.05) is 49.4 Å². The largest absolute Gasteiger partial charge is 0.374 e. The molecule has 29 heavy (non-hydrogen) atoms. The molecule has 1 saturated heterocycles. The Morgan fingerprint density at radius 3 is 2.45 bits per heavy atom. The van der Waals surface area contributed by atoms with E-state index in [0.29, 0.717) is 11.5 Å². The summed E-state index contributed by atoms with van der Waals surface area (Å²) in [5.41, 5.74) is 2.06. The fourth-order valence-electron chi connectivity index (χ4n) is 3.50. The van der Waals surface area contributed by atoms with Crippen molar-refractivity contribution in [1.82, 2.24) is 0 Å². The molecule has 7 nitrogen and oxygen atoms in total. The molecule has 0 spiro atoms. The topological polar surface area (TPSA) is 87.9 Å². The van der Waals surface area contributed by atoms with Gasteiger partial charge in [-0.2, -0.15) is 0 Å². The molecule has 2 aromatic rings. The fraction of sp³-hybridized carbons (Fsp3) is 0.429. The number of methoxy groups -OCH3 is 1. The number of rotatable bonds is 9. The van der Waals surface area contributed by atoms with E-state index in [1.165, 1.54) is 7.11 Å². The van der Waals surface area contributed by atoms with Gasteiger partial charge in [0.2, 0.25) is 6.54 Å². The Labute approximate surface area is 172 Å². The van der Waals surface area contributed by atoms with Crippen molar-refractivity contribution >= 4 is 10.8 Å². The van der Waals surface area contributed by atoms with Crippen molar-refractivity contribution in [3.8, 4) is 0 Å². The molecule has 8 heteroatoms. The molecule has 3 rings (SSSR count). The van der Waals surface area contributed by atoms with Crippen LogP contribution in [0.4, 0.5) is 0 Å². The van der Waals surface area contributed by atoms with E-state index in [4.69, 9.17) is 14.2 Å². The lowest BCUT2D eigenvalue weighted by Crippen LogP contribution is -2.38. The van der Waals surface area contributed by atoms with Gasteiger partial charge in [-0.15, -0.1) is 0 Å². The van der Waals surface area contributed by atoms with E-state index < -0.39 is 39.3 Å². The van der Waals surface area contributed by atoms with Crippen molar-refractivity contribution in [3.63, 3.8) is 0 Å². The normalized spacial score (nSPS) is 25.0. The summed E-state index contributed by atoms with van der Waals surface area (Å²) in [5, 5.41) is 10.6. The number of hydrogen-bond donors (Lipinski definition) is 0. The average molecular weight is 419 g/mol. The van der Waals surface area contributed by atoms with Crippen molar-refractivity contribution in [1.29, 1.82) is 0 Å². The van der Waals surface area contributed by atoms with Crippen molar-refractivity contribution in [2.24, 2.45) is 5.92 Å². The number of nitro groups is 1. The van der Waals surface area contributed by atoms with Crippen LogP contribution in [0, 0.1) is 23.0 Å². The van der Waals surface area contributed by atoms with Gasteiger partial charge in [0.15, 0.2) is 6.29 Å². The zero-order valence-corrected chi connectivity index (χ0v) is 17.2. The zero-order valence-electron chi connectivity index (χ0n) is 16.4. The fourth-order valence-corrected chi connectivity index (χ4v) is 5.17. The second kappa shape index (κ2) is 10.1. The first-order valence-electron chi connectivity index (χ1n) is 9.38. The van der Waals surface area contributed by atoms with Gasteiger partial charge in [-0.3, -0.25) is 14.3 Å². The number of aryl methyl sites for hydroxylation is 1. The maximum atomic E-state index is 13.4. The molecule has 0 aromatic heterocycles. The van der Waals surface area contributed by atoms with Crippen LogP contribution in [-0.4, -0.2) is 47.0 Å². The summed E-state index contributed by atoms with van der Waals surface area (Å²) >= 11 is 0. The van der Waals surface area contributed by atoms with Crippen LogP contribution >= 0.6 is 0 Å². The van der Waals surface area contributed by atoms with Crippen LogP contribution in [-0.2, 0) is 31.6 Å². The first kappa shape index (κ1) is 21.6. The first-order chi connectivity index (χ1) is 14.0. The highest BCUT2D eigenvalue weighted by atomic mass is 32.2. The van der Waals surface area contributed by atoms with E-state index in [0.717, 1.165) is 11.1 Å². The molecule has 156 valence electrons. The van der Waals surface area contributed by atoms with Gasteiger partial charge in [0, 0.05) is 16.9 Å². The SMILES string of the molecule is CO[C@@H]1O[C@H](COCc2ccccc2)[C@H]([S@](=O)c2ccc(C)cc2)[C@H]1C[N+](=O)[O-]. The number of benzene rings is 2. The Hall–Kier alpha value is -2.13. The Balaban J connectivity index is 1.78. The molecule has 0 amide bonds. The van der Waals surface area contributed by atoms with Gasteiger partial charge in [0.1, 0.15) is 0 Å². The third-order valence-corrected chi connectivity index (χ3v) is 6.82. The molecule has 1 heterocycles. The third kappa shape index (κ3) is 5.48. The zero-order chi connectivity index (χ0) is 20.8. The summed E-state index contributed by atoms with van der Waals surface area (Å²) in [6.07, 6.45) is -1.37. The van der Waals surface area contributed by atoms with Crippen LogP contribution < -0.4 is 0 Å². The van der Waals surface area contributed by atoms with Gasteiger partial charge in [-0.05, 0) is 24.6 Å². The minimum atomic E-state index is -1.50. The van der Waals surface area contributed by atoms with E-state index >= 15 is 0 Å². The second-order valence-electron chi connectivity index (χ2n) is 7.03. The predicted octanol–water partition coefficient (Wildman–Crippen LogP) is 2.95. The molecule has 1 aliphatic rings. The molecule has 5 atom stereocenters. The molecule has 1 aliphatic heterocycles. The van der Waals surface area contributed by atoms with Gasteiger partial charge in [-0.25, -0.2) is 0 Å². The molecule has 0 N–H and O–H groups in total. The van der Waals surface area contributed by atoms with Crippen LogP contribution in [0.5, 0.6) is 0 Å². The number of hydrogen-bond acceptors (Lipinski definition) is 6. The van der Waals surface area contributed by atoms with Gasteiger partial charge in [-0.1, -0.05) is 48.0 Å². The van der Waals surface area contributed by atoms with E-state index in [9.17, 15) is 14.3 Å². The smallest absolute Gasteiger partial charge is 0.212 e. The van der Waals surface area contributed by atoms with Crippen molar-refractivity contribution < 1.29 is 23.3 Å². The average Bonchev–Trinajstić information content (AvgIpc) is 3.05. The summed E-state index contributed by atoms with van der Waals surface area (Å²) in [5.74, 6) is -0.637. The molecular formula is C21H25NO6S. The van der Waals surface area contributed by atoms with Crippen molar-refractivity contribution in [2.45, 2.75) is 36.1 Å². The summed E-state index contributed by atoms with van der Waals surface area (Å²) in [7, 11) is -0.0621. The molecule has 0 aliphatic carbocycles. The standard InChI is InChI=1S/C21H25NO6S/c1-15-8-10-17(11-9-15)29(25)20-18(12-22(23)24)21(26-2)28-19(20)14-27-13-16-6-4-3-5-7-16/h3-11,18-21H,12-14H2,1-2H3/t18-,19-,20-,21-,29-/m1/s1. The van der Waals surface area contributed by atoms with E-state index in [2.05, 4.69) is 0 Å². The highest BCUT2D eigenvalue weighted by molar-refractivity contribution is 7.85. The van der Waals surface area contributed by atoms with Gasteiger partial charge < -0.3 is 14.2 Å². The Morgan fingerprint density at radius 1 is 1.14 bits per heavy atom. The van der Waals surface area contributed by atoms with Crippen LogP contribution in [0.25, 0.3) is 0 Å². The monoisotopic (exact) mass is 419 g/mol. The summed E-state index contributed by atoms with van der Waals surface area (Å²) < 4.78 is 30.4. The number of nitrogens with zero attached hydrogens (tertiary/aromatic N) is 1. The lowest BCUT2D eigenvalue weighted by molar-refractivity contribution is -0.491. The van der Waals surface area contributed by atoms with Crippen molar-refractivity contribution in [3.05, 3.63) is 75.8 Å². The lowest BCUT2D eigenvalue weighted by atomic mass is 10.0. The highest BCUT2D eigenvalue weighted by Gasteiger charge is 2.50. The van der Waals surface area contributed by atoms with Gasteiger partial charge >= 0.3 is 0 Å². The van der Waals surface area contributed by atoms with Gasteiger partial charge in [0.05, 0.1) is 41.3 Å². The van der Waals surface area contributed by atoms with Crippen LogP contribution in [0.3, 0.4) is 0 Å². The minimum Gasteiger partial charge on any atom is -0.374 e. The maximum Gasteiger partial charge on any atom is 0.212 e. The molecule has 0 bridgehead atoms. The molecule has 1 fully saturated rings. The van der Waals surface area contributed by atoms with Crippen LogP contribution in [0.1, 0.15) is 11.1 Å². The Kier molecular flexibility index (Phi) is 7.49. The molecular weight excluding hydrogens is 394 g/mol. The molecule has 2 aromatic carbocycles. The molecule has 0 radical (unpaired) electrons. The quantitative estimate of drug-likeness (QED) is 0.459.